The first kappa shape index (κ1) is 15.0. The van der Waals surface area contributed by atoms with Gasteiger partial charge in [-0.15, -0.1) is 0 Å². The highest BCUT2D eigenvalue weighted by atomic mass is 16.3. The first-order valence-corrected chi connectivity index (χ1v) is 7.40. The maximum absolute atomic E-state index is 9.05. The summed E-state index contributed by atoms with van der Waals surface area (Å²) in [6.45, 7) is 9.89. The summed E-state index contributed by atoms with van der Waals surface area (Å²) < 4.78 is 0. The standard InChI is InChI=1S/C14H25N5O/c1-3-15-14-16-11-12(2)13(17-14)19-6-4-5-18(7-8-19)9-10-20/h11,20H,3-10H2,1-2H3,(H,15,16,17). The van der Waals surface area contributed by atoms with Crippen molar-refractivity contribution in [3.05, 3.63) is 11.8 Å². The summed E-state index contributed by atoms with van der Waals surface area (Å²) in [5.41, 5.74) is 1.11. The lowest BCUT2D eigenvalue weighted by Crippen LogP contribution is -2.33. The van der Waals surface area contributed by atoms with Gasteiger partial charge in [-0.3, -0.25) is 4.90 Å². The maximum Gasteiger partial charge on any atom is 0.224 e. The van der Waals surface area contributed by atoms with E-state index in [9.17, 15) is 0 Å². The summed E-state index contributed by atoms with van der Waals surface area (Å²) in [6.07, 6.45) is 2.98. The van der Waals surface area contributed by atoms with E-state index in [1.807, 2.05) is 13.1 Å². The second-order valence-electron chi connectivity index (χ2n) is 5.14. The number of nitrogens with one attached hydrogen (secondary N) is 1. The number of nitrogens with zero attached hydrogens (tertiary/aromatic N) is 4. The number of anilines is 2. The molecule has 0 aliphatic carbocycles. The largest absolute Gasteiger partial charge is 0.395 e. The molecule has 0 amide bonds. The van der Waals surface area contributed by atoms with Crippen LogP contribution in [0, 0.1) is 6.92 Å². The van der Waals surface area contributed by atoms with Gasteiger partial charge >= 0.3 is 0 Å². The van der Waals surface area contributed by atoms with Gasteiger partial charge in [0.2, 0.25) is 5.95 Å². The van der Waals surface area contributed by atoms with Crippen LogP contribution in [0.5, 0.6) is 0 Å². The van der Waals surface area contributed by atoms with E-state index in [-0.39, 0.29) is 6.61 Å². The summed E-state index contributed by atoms with van der Waals surface area (Å²) in [7, 11) is 0. The van der Waals surface area contributed by atoms with E-state index in [4.69, 9.17) is 5.11 Å². The minimum atomic E-state index is 0.233. The van der Waals surface area contributed by atoms with Gasteiger partial charge in [-0.05, 0) is 26.8 Å². The normalized spacial score (nSPS) is 17.1. The van der Waals surface area contributed by atoms with E-state index in [1.54, 1.807) is 0 Å². The Morgan fingerprint density at radius 1 is 1.30 bits per heavy atom. The molecule has 6 nitrogen and oxygen atoms in total. The zero-order chi connectivity index (χ0) is 14.4. The van der Waals surface area contributed by atoms with E-state index in [0.29, 0.717) is 5.95 Å². The number of hydrogen-bond acceptors (Lipinski definition) is 6. The molecule has 1 aliphatic rings. The van der Waals surface area contributed by atoms with E-state index in [1.165, 1.54) is 0 Å². The average molecular weight is 279 g/mol. The fourth-order valence-corrected chi connectivity index (χ4v) is 2.54. The summed E-state index contributed by atoms with van der Waals surface area (Å²) in [6, 6.07) is 0. The Bertz CT molecular complexity index is 426. The third-order valence-corrected chi connectivity index (χ3v) is 3.58. The zero-order valence-electron chi connectivity index (χ0n) is 12.5. The molecule has 2 heterocycles. The average Bonchev–Trinajstić information content (AvgIpc) is 2.67. The molecule has 112 valence electrons. The number of aromatic nitrogens is 2. The molecule has 0 saturated carbocycles. The molecule has 0 radical (unpaired) electrons. The van der Waals surface area contributed by atoms with Crippen LogP contribution >= 0.6 is 0 Å². The van der Waals surface area contributed by atoms with Crippen LogP contribution in [-0.2, 0) is 0 Å². The third-order valence-electron chi connectivity index (χ3n) is 3.58. The maximum atomic E-state index is 9.05. The first-order valence-electron chi connectivity index (χ1n) is 7.40. The van der Waals surface area contributed by atoms with Crippen LogP contribution in [0.15, 0.2) is 6.20 Å². The molecule has 0 unspecified atom stereocenters. The van der Waals surface area contributed by atoms with Crippen LogP contribution in [0.4, 0.5) is 11.8 Å². The smallest absolute Gasteiger partial charge is 0.224 e. The monoisotopic (exact) mass is 279 g/mol. The van der Waals surface area contributed by atoms with E-state index in [0.717, 1.165) is 57.1 Å². The van der Waals surface area contributed by atoms with Gasteiger partial charge < -0.3 is 15.3 Å². The van der Waals surface area contributed by atoms with Crippen molar-refractivity contribution >= 4 is 11.8 Å². The van der Waals surface area contributed by atoms with Gasteiger partial charge in [-0.1, -0.05) is 0 Å². The van der Waals surface area contributed by atoms with Crippen molar-refractivity contribution in [2.75, 3.05) is 56.1 Å². The van der Waals surface area contributed by atoms with E-state index in [2.05, 4.69) is 32.0 Å². The van der Waals surface area contributed by atoms with Crippen molar-refractivity contribution in [3.63, 3.8) is 0 Å². The van der Waals surface area contributed by atoms with Gasteiger partial charge in [0.15, 0.2) is 0 Å². The van der Waals surface area contributed by atoms with Crippen LogP contribution in [0.3, 0.4) is 0 Å². The lowest BCUT2D eigenvalue weighted by atomic mass is 10.3. The molecule has 6 heteroatoms. The Labute approximate surface area is 120 Å². The zero-order valence-corrected chi connectivity index (χ0v) is 12.5. The summed E-state index contributed by atoms with van der Waals surface area (Å²) >= 11 is 0. The summed E-state index contributed by atoms with van der Waals surface area (Å²) in [5, 5.41) is 12.2. The van der Waals surface area contributed by atoms with Crippen molar-refractivity contribution in [3.8, 4) is 0 Å². The second kappa shape index (κ2) is 7.40. The molecule has 2 rings (SSSR count). The third kappa shape index (κ3) is 3.80. The van der Waals surface area contributed by atoms with Crippen molar-refractivity contribution in [1.82, 2.24) is 14.9 Å². The van der Waals surface area contributed by atoms with Gasteiger partial charge in [0.25, 0.3) is 0 Å². The highest BCUT2D eigenvalue weighted by molar-refractivity contribution is 5.49. The Kier molecular flexibility index (Phi) is 5.55. The fourth-order valence-electron chi connectivity index (χ4n) is 2.54. The van der Waals surface area contributed by atoms with Crippen molar-refractivity contribution in [1.29, 1.82) is 0 Å². The van der Waals surface area contributed by atoms with Gasteiger partial charge in [-0.2, -0.15) is 4.98 Å². The van der Waals surface area contributed by atoms with Crippen LogP contribution < -0.4 is 10.2 Å². The van der Waals surface area contributed by atoms with Crippen molar-refractivity contribution < 1.29 is 5.11 Å². The van der Waals surface area contributed by atoms with Crippen molar-refractivity contribution in [2.24, 2.45) is 0 Å². The SMILES string of the molecule is CCNc1ncc(C)c(N2CCCN(CCO)CC2)n1. The molecule has 1 aromatic rings. The quantitative estimate of drug-likeness (QED) is 0.828. The van der Waals surface area contributed by atoms with Gasteiger partial charge in [0, 0.05) is 44.5 Å². The van der Waals surface area contributed by atoms with Gasteiger partial charge in [0.05, 0.1) is 6.61 Å². The predicted octanol–water partition coefficient (Wildman–Crippen LogP) is 0.721. The molecule has 20 heavy (non-hydrogen) atoms. The lowest BCUT2D eigenvalue weighted by Gasteiger charge is -2.24. The molecule has 0 atom stereocenters. The highest BCUT2D eigenvalue weighted by Crippen LogP contribution is 2.19. The van der Waals surface area contributed by atoms with Gasteiger partial charge in [-0.25, -0.2) is 4.98 Å². The number of β-amino-alcohol motifs (C(OH)–C–C–N with tert-alkyl or cyclic N) is 1. The molecule has 1 aliphatic heterocycles. The molecule has 1 saturated heterocycles. The van der Waals surface area contributed by atoms with Crippen LogP contribution in [0.1, 0.15) is 18.9 Å². The molecule has 2 N–H and O–H groups in total. The van der Waals surface area contributed by atoms with Crippen LogP contribution in [0.25, 0.3) is 0 Å². The minimum Gasteiger partial charge on any atom is -0.395 e. The first-order chi connectivity index (χ1) is 9.74. The van der Waals surface area contributed by atoms with Gasteiger partial charge in [0.1, 0.15) is 5.82 Å². The van der Waals surface area contributed by atoms with Crippen LogP contribution in [-0.4, -0.2) is 65.8 Å². The molecular formula is C14H25N5O. The number of aryl methyl sites for hydroxylation is 1. The minimum absolute atomic E-state index is 0.233. The van der Waals surface area contributed by atoms with Crippen molar-refractivity contribution in [2.45, 2.75) is 20.3 Å². The molecule has 0 aromatic carbocycles. The molecular weight excluding hydrogens is 254 g/mol. The molecule has 0 bridgehead atoms. The van der Waals surface area contributed by atoms with E-state index < -0.39 is 0 Å². The second-order valence-corrected chi connectivity index (χ2v) is 5.14. The number of aliphatic hydroxyl groups excluding tert-OH is 1. The molecule has 1 aromatic heterocycles. The highest BCUT2D eigenvalue weighted by Gasteiger charge is 2.17. The fraction of sp³-hybridized carbons (Fsp3) is 0.714. The van der Waals surface area contributed by atoms with Crippen LogP contribution in [0.2, 0.25) is 0 Å². The Morgan fingerprint density at radius 3 is 2.90 bits per heavy atom. The number of hydrogen-bond donors (Lipinski definition) is 2. The molecule has 0 spiro atoms. The number of rotatable bonds is 5. The lowest BCUT2D eigenvalue weighted by molar-refractivity contribution is 0.204. The Hall–Kier alpha value is -1.40. The number of aliphatic hydroxyl groups is 1. The Morgan fingerprint density at radius 2 is 2.15 bits per heavy atom. The van der Waals surface area contributed by atoms with E-state index >= 15 is 0 Å². The Balaban J connectivity index is 2.08. The summed E-state index contributed by atoms with van der Waals surface area (Å²) in [5.74, 6) is 1.73. The topological polar surface area (TPSA) is 64.5 Å². The molecule has 1 fully saturated rings. The summed E-state index contributed by atoms with van der Waals surface area (Å²) in [4.78, 5) is 13.6. The predicted molar refractivity (Wildman–Crippen MR) is 81.3 cm³/mol.